The fraction of sp³-hybridized carbons (Fsp3) is 0.571. The van der Waals surface area contributed by atoms with Gasteiger partial charge in [-0.1, -0.05) is 0 Å². The van der Waals surface area contributed by atoms with Gasteiger partial charge in [0.25, 0.3) is 0 Å². The highest BCUT2D eigenvalue weighted by atomic mass is 15.2. The smallest absolute Gasteiger partial charge is 0.0641 e. The van der Waals surface area contributed by atoms with Gasteiger partial charge in [-0.15, -0.1) is 0 Å². The first kappa shape index (κ1) is 7.28. The summed E-state index contributed by atoms with van der Waals surface area (Å²) in [4.78, 5) is 0. The molecule has 0 saturated carbocycles. The molecule has 0 saturated heterocycles. The van der Waals surface area contributed by atoms with Gasteiger partial charge >= 0.3 is 0 Å². The lowest BCUT2D eigenvalue weighted by Gasteiger charge is -1.99. The number of hydrogen-bond acceptors (Lipinski definition) is 2. The SMILES string of the molecule is Cc1nn(C)cc1C(C)N. The van der Waals surface area contributed by atoms with E-state index in [1.165, 1.54) is 0 Å². The summed E-state index contributed by atoms with van der Waals surface area (Å²) in [6.07, 6.45) is 1.96. The Morgan fingerprint density at radius 2 is 2.30 bits per heavy atom. The number of aromatic nitrogens is 2. The first-order valence-corrected chi connectivity index (χ1v) is 3.37. The van der Waals surface area contributed by atoms with Crippen LogP contribution in [-0.4, -0.2) is 9.78 Å². The quantitative estimate of drug-likeness (QED) is 0.624. The van der Waals surface area contributed by atoms with E-state index in [2.05, 4.69) is 5.10 Å². The van der Waals surface area contributed by atoms with Gasteiger partial charge in [0, 0.05) is 24.8 Å². The Morgan fingerprint density at radius 3 is 2.50 bits per heavy atom. The van der Waals surface area contributed by atoms with E-state index in [0.29, 0.717) is 0 Å². The molecule has 1 aromatic heterocycles. The summed E-state index contributed by atoms with van der Waals surface area (Å²) >= 11 is 0. The van der Waals surface area contributed by atoms with Crippen LogP contribution in [0.15, 0.2) is 6.20 Å². The molecule has 1 unspecified atom stereocenters. The van der Waals surface area contributed by atoms with E-state index in [9.17, 15) is 0 Å². The molecule has 0 spiro atoms. The second kappa shape index (κ2) is 2.42. The molecule has 1 rings (SSSR count). The van der Waals surface area contributed by atoms with E-state index in [0.717, 1.165) is 11.3 Å². The molecule has 0 aliphatic carbocycles. The van der Waals surface area contributed by atoms with Crippen molar-refractivity contribution in [3.05, 3.63) is 17.5 Å². The zero-order valence-electron chi connectivity index (χ0n) is 6.63. The van der Waals surface area contributed by atoms with E-state index >= 15 is 0 Å². The third-order valence-corrected chi connectivity index (χ3v) is 1.54. The number of nitrogens with two attached hydrogens (primary N) is 1. The van der Waals surface area contributed by atoms with Crippen molar-refractivity contribution < 1.29 is 0 Å². The highest BCUT2D eigenvalue weighted by Crippen LogP contribution is 2.11. The Kier molecular flexibility index (Phi) is 1.76. The van der Waals surface area contributed by atoms with Gasteiger partial charge in [0.15, 0.2) is 0 Å². The topological polar surface area (TPSA) is 43.8 Å². The summed E-state index contributed by atoms with van der Waals surface area (Å²) in [7, 11) is 1.90. The molecule has 0 aliphatic heterocycles. The van der Waals surface area contributed by atoms with Crippen LogP contribution in [0.5, 0.6) is 0 Å². The molecule has 0 bridgehead atoms. The average Bonchev–Trinajstić information content (AvgIpc) is 2.10. The van der Waals surface area contributed by atoms with Gasteiger partial charge in [-0.25, -0.2) is 0 Å². The summed E-state index contributed by atoms with van der Waals surface area (Å²) in [5, 5.41) is 4.17. The first-order valence-electron chi connectivity index (χ1n) is 3.37. The molecule has 1 aromatic rings. The van der Waals surface area contributed by atoms with Gasteiger partial charge < -0.3 is 5.73 Å². The van der Waals surface area contributed by atoms with Crippen molar-refractivity contribution in [1.29, 1.82) is 0 Å². The second-order valence-electron chi connectivity index (χ2n) is 2.63. The van der Waals surface area contributed by atoms with E-state index in [1.807, 2.05) is 27.1 Å². The zero-order chi connectivity index (χ0) is 7.72. The largest absolute Gasteiger partial charge is 0.324 e. The van der Waals surface area contributed by atoms with Crippen molar-refractivity contribution >= 4 is 0 Å². The van der Waals surface area contributed by atoms with E-state index in [1.54, 1.807) is 4.68 Å². The van der Waals surface area contributed by atoms with Crippen LogP contribution in [0.3, 0.4) is 0 Å². The van der Waals surface area contributed by atoms with Gasteiger partial charge in [0.1, 0.15) is 0 Å². The maximum atomic E-state index is 5.67. The van der Waals surface area contributed by atoms with Gasteiger partial charge in [-0.3, -0.25) is 4.68 Å². The van der Waals surface area contributed by atoms with Crippen LogP contribution in [0.25, 0.3) is 0 Å². The van der Waals surface area contributed by atoms with Crippen molar-refractivity contribution in [1.82, 2.24) is 9.78 Å². The van der Waals surface area contributed by atoms with Gasteiger partial charge in [0.05, 0.1) is 5.69 Å². The Labute approximate surface area is 60.8 Å². The Morgan fingerprint density at radius 1 is 1.70 bits per heavy atom. The van der Waals surface area contributed by atoms with Crippen LogP contribution >= 0.6 is 0 Å². The molecule has 56 valence electrons. The van der Waals surface area contributed by atoms with E-state index in [4.69, 9.17) is 5.73 Å². The summed E-state index contributed by atoms with van der Waals surface area (Å²) in [6, 6.07) is 0.0914. The fourth-order valence-corrected chi connectivity index (χ4v) is 1.06. The Balaban J connectivity index is 3.03. The molecular formula is C7H13N3. The van der Waals surface area contributed by atoms with Crippen LogP contribution < -0.4 is 5.73 Å². The van der Waals surface area contributed by atoms with Gasteiger partial charge in [-0.2, -0.15) is 5.10 Å². The zero-order valence-corrected chi connectivity index (χ0v) is 6.63. The van der Waals surface area contributed by atoms with Crippen LogP contribution in [0.4, 0.5) is 0 Å². The Hall–Kier alpha value is -0.830. The molecule has 1 atom stereocenters. The summed E-state index contributed by atoms with van der Waals surface area (Å²) < 4.78 is 1.79. The van der Waals surface area contributed by atoms with Gasteiger partial charge in [-0.05, 0) is 13.8 Å². The average molecular weight is 139 g/mol. The second-order valence-corrected chi connectivity index (χ2v) is 2.63. The number of rotatable bonds is 1. The minimum Gasteiger partial charge on any atom is -0.324 e. The first-order chi connectivity index (χ1) is 4.61. The van der Waals surface area contributed by atoms with Crippen molar-refractivity contribution in [2.45, 2.75) is 19.9 Å². The lowest BCUT2D eigenvalue weighted by atomic mass is 10.1. The molecular weight excluding hydrogens is 126 g/mol. The minimum atomic E-state index is 0.0914. The molecule has 1 heterocycles. The molecule has 3 heteroatoms. The summed E-state index contributed by atoms with van der Waals surface area (Å²) in [5.41, 5.74) is 7.83. The standard InChI is InChI=1S/C7H13N3/c1-5(8)7-4-10(3)9-6(7)2/h4-5H,8H2,1-3H3. The molecule has 0 aromatic carbocycles. The molecule has 0 amide bonds. The third-order valence-electron chi connectivity index (χ3n) is 1.54. The van der Waals surface area contributed by atoms with E-state index in [-0.39, 0.29) is 6.04 Å². The predicted molar refractivity (Wildman–Crippen MR) is 40.5 cm³/mol. The predicted octanol–water partition coefficient (Wildman–Crippen LogP) is 0.748. The summed E-state index contributed by atoms with van der Waals surface area (Å²) in [5.74, 6) is 0. The lowest BCUT2D eigenvalue weighted by Crippen LogP contribution is -2.04. The van der Waals surface area contributed by atoms with Crippen LogP contribution in [0.2, 0.25) is 0 Å². The van der Waals surface area contributed by atoms with Crippen molar-refractivity contribution in [3.63, 3.8) is 0 Å². The highest BCUT2D eigenvalue weighted by molar-refractivity contribution is 5.18. The van der Waals surface area contributed by atoms with Crippen LogP contribution in [0.1, 0.15) is 24.2 Å². The number of aryl methyl sites for hydroxylation is 2. The van der Waals surface area contributed by atoms with Crippen molar-refractivity contribution in [3.8, 4) is 0 Å². The molecule has 0 aliphatic rings. The highest BCUT2D eigenvalue weighted by Gasteiger charge is 2.05. The Bertz CT molecular complexity index is 225. The van der Waals surface area contributed by atoms with E-state index < -0.39 is 0 Å². The van der Waals surface area contributed by atoms with Crippen molar-refractivity contribution in [2.24, 2.45) is 12.8 Å². The van der Waals surface area contributed by atoms with Crippen LogP contribution in [0, 0.1) is 6.92 Å². The third kappa shape index (κ3) is 1.19. The molecule has 0 radical (unpaired) electrons. The number of hydrogen-bond donors (Lipinski definition) is 1. The van der Waals surface area contributed by atoms with Gasteiger partial charge in [0.2, 0.25) is 0 Å². The summed E-state index contributed by atoms with van der Waals surface area (Å²) in [6.45, 7) is 3.93. The normalized spacial score (nSPS) is 13.6. The molecule has 3 nitrogen and oxygen atoms in total. The minimum absolute atomic E-state index is 0.0914. The maximum absolute atomic E-state index is 5.67. The molecule has 2 N–H and O–H groups in total. The number of nitrogens with zero attached hydrogens (tertiary/aromatic N) is 2. The van der Waals surface area contributed by atoms with Crippen molar-refractivity contribution in [2.75, 3.05) is 0 Å². The maximum Gasteiger partial charge on any atom is 0.0641 e. The van der Waals surface area contributed by atoms with Crippen LogP contribution in [-0.2, 0) is 7.05 Å². The molecule has 0 fully saturated rings. The molecule has 10 heavy (non-hydrogen) atoms. The fourth-order valence-electron chi connectivity index (χ4n) is 1.06. The monoisotopic (exact) mass is 139 g/mol. The lowest BCUT2D eigenvalue weighted by molar-refractivity contribution is 0.755.